The Bertz CT molecular complexity index is 1550. The first-order valence-corrected chi connectivity index (χ1v) is 13.3. The van der Waals surface area contributed by atoms with Gasteiger partial charge in [0.25, 0.3) is 0 Å². The Balaban J connectivity index is 1.52. The van der Waals surface area contributed by atoms with Gasteiger partial charge in [-0.2, -0.15) is 13.2 Å². The lowest BCUT2D eigenvalue weighted by Gasteiger charge is -2.16. The van der Waals surface area contributed by atoms with Crippen LogP contribution in [0.2, 0.25) is 0 Å². The van der Waals surface area contributed by atoms with Crippen LogP contribution >= 0.6 is 0 Å². The number of phenols is 1. The number of benzene rings is 3. The van der Waals surface area contributed by atoms with Crippen molar-refractivity contribution in [3.05, 3.63) is 106 Å². The average Bonchev–Trinajstić information content (AvgIpc) is 3.45. The molecule has 1 saturated heterocycles. The van der Waals surface area contributed by atoms with Gasteiger partial charge in [-0.25, -0.2) is 4.79 Å². The number of fused-ring (bicyclic) bond motifs is 1. The number of rotatable bonds is 9. The highest BCUT2D eigenvalue weighted by Gasteiger charge is 2.30. The van der Waals surface area contributed by atoms with E-state index in [9.17, 15) is 23.1 Å². The fourth-order valence-corrected chi connectivity index (χ4v) is 5.22. The summed E-state index contributed by atoms with van der Waals surface area (Å²) in [5.74, 6) is 0.709. The number of aromatic hydroxyl groups is 1. The van der Waals surface area contributed by atoms with Crippen LogP contribution in [0, 0.1) is 0 Å². The zero-order valence-electron chi connectivity index (χ0n) is 22.0. The Kier molecular flexibility index (Phi) is 7.98. The summed E-state index contributed by atoms with van der Waals surface area (Å²) in [5, 5.41) is 11.0. The molecule has 3 aromatic carbocycles. The van der Waals surface area contributed by atoms with Gasteiger partial charge in [-0.1, -0.05) is 30.3 Å². The first-order chi connectivity index (χ1) is 19.2. The Hall–Kier alpha value is -4.04. The lowest BCUT2D eigenvalue weighted by Crippen LogP contribution is -2.25. The molecule has 1 N–H and O–H groups in total. The van der Waals surface area contributed by atoms with Crippen molar-refractivity contribution in [1.82, 2.24) is 4.90 Å². The minimum absolute atomic E-state index is 0.0285. The van der Waals surface area contributed by atoms with Gasteiger partial charge in [0.2, 0.25) is 0 Å². The molecule has 0 unspecified atom stereocenters. The summed E-state index contributed by atoms with van der Waals surface area (Å²) in [6.07, 6.45) is 0.138. The van der Waals surface area contributed by atoms with Crippen molar-refractivity contribution in [2.75, 3.05) is 26.2 Å². The number of hydrogen-bond acceptors (Lipinski definition) is 5. The van der Waals surface area contributed by atoms with Crippen molar-refractivity contribution in [3.8, 4) is 22.6 Å². The van der Waals surface area contributed by atoms with Crippen molar-refractivity contribution in [2.45, 2.75) is 31.9 Å². The van der Waals surface area contributed by atoms with Gasteiger partial charge >= 0.3 is 11.8 Å². The van der Waals surface area contributed by atoms with Crippen LogP contribution in [0.3, 0.4) is 0 Å². The van der Waals surface area contributed by atoms with Crippen LogP contribution in [0.15, 0.2) is 82.5 Å². The predicted molar refractivity (Wildman–Crippen MR) is 149 cm³/mol. The number of phenolic OH excluding ortho intramolecular Hbond substituents is 1. The van der Waals surface area contributed by atoms with Gasteiger partial charge in [0.1, 0.15) is 23.7 Å². The Morgan fingerprint density at radius 2 is 1.68 bits per heavy atom. The molecule has 0 radical (unpaired) electrons. The summed E-state index contributed by atoms with van der Waals surface area (Å²) in [6, 6.07) is 15.2. The zero-order valence-corrected chi connectivity index (χ0v) is 22.0. The quantitative estimate of drug-likeness (QED) is 0.180. The largest absolute Gasteiger partial charge is 0.508 e. The van der Waals surface area contributed by atoms with Crippen molar-refractivity contribution < 1.29 is 27.4 Å². The van der Waals surface area contributed by atoms with Crippen LogP contribution in [-0.4, -0.2) is 36.2 Å². The number of halogens is 3. The van der Waals surface area contributed by atoms with Gasteiger partial charge in [0, 0.05) is 17.5 Å². The molecule has 0 atom stereocenters. The molecular formula is C32H30F3NO4. The number of likely N-dealkylation sites (tertiary alicyclic amines) is 1. The van der Waals surface area contributed by atoms with Crippen LogP contribution in [-0.2, 0) is 19.0 Å². The SMILES string of the molecule is C=CCc1c(O)ccc2c(Cc3ccc(OCCN4CCCC4)cc3)c(-c3ccc(C(F)(F)F)cc3)c(=O)oc12. The minimum Gasteiger partial charge on any atom is -0.508 e. The fraction of sp³-hybridized carbons (Fsp3) is 0.281. The van der Waals surface area contributed by atoms with Crippen molar-refractivity contribution >= 4 is 11.0 Å². The molecule has 4 aromatic rings. The molecule has 0 amide bonds. The van der Waals surface area contributed by atoms with E-state index in [0.717, 1.165) is 43.1 Å². The van der Waals surface area contributed by atoms with E-state index in [1.165, 1.54) is 31.0 Å². The van der Waals surface area contributed by atoms with Gasteiger partial charge in [-0.15, -0.1) is 6.58 Å². The molecule has 2 heterocycles. The highest BCUT2D eigenvalue weighted by Crippen LogP contribution is 2.36. The third kappa shape index (κ3) is 5.92. The zero-order chi connectivity index (χ0) is 28.3. The third-order valence-corrected chi connectivity index (χ3v) is 7.29. The summed E-state index contributed by atoms with van der Waals surface area (Å²) in [6.45, 7) is 7.41. The van der Waals surface area contributed by atoms with Crippen molar-refractivity contribution in [1.29, 1.82) is 0 Å². The van der Waals surface area contributed by atoms with E-state index in [2.05, 4.69) is 11.5 Å². The molecular weight excluding hydrogens is 519 g/mol. The maximum atomic E-state index is 13.4. The van der Waals surface area contributed by atoms with Crippen molar-refractivity contribution in [2.24, 2.45) is 0 Å². The maximum Gasteiger partial charge on any atom is 0.416 e. The highest BCUT2D eigenvalue weighted by molar-refractivity contribution is 5.90. The number of hydrogen-bond donors (Lipinski definition) is 1. The molecule has 5 nitrogen and oxygen atoms in total. The molecule has 0 aliphatic carbocycles. The van der Waals surface area contributed by atoms with Crippen LogP contribution in [0.5, 0.6) is 11.5 Å². The first kappa shape index (κ1) is 27.5. The lowest BCUT2D eigenvalue weighted by atomic mass is 9.91. The fourth-order valence-electron chi connectivity index (χ4n) is 5.22. The molecule has 40 heavy (non-hydrogen) atoms. The minimum atomic E-state index is -4.50. The normalized spacial score (nSPS) is 14.1. The molecule has 0 saturated carbocycles. The summed E-state index contributed by atoms with van der Waals surface area (Å²) in [7, 11) is 0. The first-order valence-electron chi connectivity index (χ1n) is 13.3. The predicted octanol–water partition coefficient (Wildman–Crippen LogP) is 6.98. The number of alkyl halides is 3. The van der Waals surface area contributed by atoms with E-state index in [4.69, 9.17) is 9.15 Å². The van der Waals surface area contributed by atoms with Gasteiger partial charge in [0.15, 0.2) is 0 Å². The topological polar surface area (TPSA) is 62.9 Å². The van der Waals surface area contributed by atoms with Crippen LogP contribution in [0.1, 0.15) is 35.1 Å². The van der Waals surface area contributed by atoms with Crippen LogP contribution in [0.4, 0.5) is 13.2 Å². The molecule has 0 bridgehead atoms. The van der Waals surface area contributed by atoms with E-state index in [0.29, 0.717) is 35.1 Å². The summed E-state index contributed by atoms with van der Waals surface area (Å²) < 4.78 is 51.2. The molecule has 1 aliphatic heterocycles. The molecule has 1 fully saturated rings. The summed E-state index contributed by atoms with van der Waals surface area (Å²) in [5.41, 5.74) is 1.14. The molecule has 5 rings (SSSR count). The monoisotopic (exact) mass is 549 g/mol. The maximum absolute atomic E-state index is 13.4. The second-order valence-electron chi connectivity index (χ2n) is 9.97. The standard InChI is InChI=1S/C32H30F3NO4/c1-2-5-26-28(37)15-14-25-27(20-21-6-12-24(13-7-21)39-19-18-36-16-3-4-17-36)29(31(38)40-30(25)26)22-8-10-23(11-9-22)32(33,34)35/h2,6-15,37H,1,3-5,16-20H2. The van der Waals surface area contributed by atoms with Gasteiger partial charge in [0.05, 0.1) is 11.1 Å². The van der Waals surface area contributed by atoms with Gasteiger partial charge in [-0.05, 0) is 91.9 Å². The number of nitrogens with zero attached hydrogens (tertiary/aromatic N) is 1. The van der Waals surface area contributed by atoms with Gasteiger partial charge in [-0.3, -0.25) is 4.90 Å². The van der Waals surface area contributed by atoms with E-state index < -0.39 is 17.4 Å². The molecule has 1 aromatic heterocycles. The van der Waals surface area contributed by atoms with E-state index in [1.807, 2.05) is 24.3 Å². The second-order valence-corrected chi connectivity index (χ2v) is 9.97. The van der Waals surface area contributed by atoms with Crippen molar-refractivity contribution in [3.63, 3.8) is 0 Å². The number of allylic oxidation sites excluding steroid dienone is 1. The summed E-state index contributed by atoms with van der Waals surface area (Å²) in [4.78, 5) is 15.7. The third-order valence-electron chi connectivity index (χ3n) is 7.29. The van der Waals surface area contributed by atoms with Crippen LogP contribution in [0.25, 0.3) is 22.1 Å². The Morgan fingerprint density at radius 1 is 0.975 bits per heavy atom. The molecule has 0 spiro atoms. The highest BCUT2D eigenvalue weighted by atomic mass is 19.4. The van der Waals surface area contributed by atoms with E-state index in [-0.39, 0.29) is 23.3 Å². The Labute approximate surface area is 230 Å². The average molecular weight is 550 g/mol. The van der Waals surface area contributed by atoms with E-state index in [1.54, 1.807) is 12.1 Å². The van der Waals surface area contributed by atoms with Crippen LogP contribution < -0.4 is 10.4 Å². The lowest BCUT2D eigenvalue weighted by molar-refractivity contribution is -0.137. The Morgan fingerprint density at radius 3 is 2.33 bits per heavy atom. The van der Waals surface area contributed by atoms with E-state index >= 15 is 0 Å². The summed E-state index contributed by atoms with van der Waals surface area (Å²) >= 11 is 0. The molecule has 1 aliphatic rings. The molecule has 8 heteroatoms. The number of ether oxygens (including phenoxy) is 1. The van der Waals surface area contributed by atoms with Gasteiger partial charge < -0.3 is 14.3 Å². The second kappa shape index (κ2) is 11.6. The smallest absolute Gasteiger partial charge is 0.416 e. The molecule has 208 valence electrons.